The number of fused-ring (bicyclic) bond motifs is 1. The van der Waals surface area contributed by atoms with Crippen molar-refractivity contribution in [1.29, 1.82) is 0 Å². The Hall–Kier alpha value is -1.72. The van der Waals surface area contributed by atoms with Crippen LogP contribution in [0.3, 0.4) is 0 Å². The molecule has 4 rings (SSSR count). The molecule has 5 heteroatoms. The van der Waals surface area contributed by atoms with Crippen LogP contribution in [0.15, 0.2) is 29.8 Å². The molecule has 1 fully saturated rings. The van der Waals surface area contributed by atoms with E-state index >= 15 is 0 Å². The number of amides is 1. The van der Waals surface area contributed by atoms with E-state index in [2.05, 4.69) is 39.0 Å². The maximum atomic E-state index is 12.5. The summed E-state index contributed by atoms with van der Waals surface area (Å²) < 4.78 is 0. The molecule has 1 aliphatic carbocycles. The molecule has 26 heavy (non-hydrogen) atoms. The number of hydrogen-bond donors (Lipinski definition) is 0. The fourth-order valence-corrected chi connectivity index (χ4v) is 5.05. The first-order chi connectivity index (χ1) is 12.7. The van der Waals surface area contributed by atoms with Gasteiger partial charge in [0.2, 0.25) is 5.91 Å². The molecular weight excluding hydrogens is 342 g/mol. The number of aromatic nitrogens is 1. The third-order valence-corrected chi connectivity index (χ3v) is 6.91. The van der Waals surface area contributed by atoms with Crippen molar-refractivity contribution < 1.29 is 4.79 Å². The van der Waals surface area contributed by atoms with Gasteiger partial charge in [0, 0.05) is 43.5 Å². The SMILES string of the molecule is Cc1ncsc1CCC(=O)N1CCN([C@H]2CCc3ccccc3C2)CC1. The Kier molecular flexibility index (Phi) is 5.36. The third kappa shape index (κ3) is 3.84. The first-order valence-electron chi connectivity index (χ1n) is 9.68. The van der Waals surface area contributed by atoms with E-state index in [1.807, 2.05) is 12.4 Å². The Morgan fingerprint density at radius 3 is 2.69 bits per heavy atom. The average Bonchev–Trinajstić information content (AvgIpc) is 3.10. The Balaban J connectivity index is 1.26. The summed E-state index contributed by atoms with van der Waals surface area (Å²) in [5.74, 6) is 0.298. The van der Waals surface area contributed by atoms with Gasteiger partial charge in [0.05, 0.1) is 11.2 Å². The maximum absolute atomic E-state index is 12.5. The first kappa shape index (κ1) is 17.7. The lowest BCUT2D eigenvalue weighted by atomic mass is 9.87. The van der Waals surface area contributed by atoms with Crippen molar-refractivity contribution in [3.63, 3.8) is 0 Å². The minimum atomic E-state index is 0.298. The molecule has 4 nitrogen and oxygen atoms in total. The monoisotopic (exact) mass is 369 g/mol. The molecule has 2 aromatic rings. The number of aryl methyl sites for hydroxylation is 3. The van der Waals surface area contributed by atoms with Gasteiger partial charge in [-0.15, -0.1) is 11.3 Å². The number of carbonyl (C=O) groups is 1. The highest BCUT2D eigenvalue weighted by molar-refractivity contribution is 7.09. The van der Waals surface area contributed by atoms with Crippen LogP contribution in [0.1, 0.15) is 34.5 Å². The fraction of sp³-hybridized carbons (Fsp3) is 0.524. The molecule has 2 heterocycles. The van der Waals surface area contributed by atoms with E-state index in [0.717, 1.165) is 44.7 Å². The molecule has 1 aromatic heterocycles. The first-order valence-corrected chi connectivity index (χ1v) is 10.6. The van der Waals surface area contributed by atoms with Gasteiger partial charge in [-0.3, -0.25) is 9.69 Å². The molecule has 0 bridgehead atoms. The Bertz CT molecular complexity index is 764. The van der Waals surface area contributed by atoms with Crippen LogP contribution in [0.25, 0.3) is 0 Å². The van der Waals surface area contributed by atoms with Gasteiger partial charge in [-0.05, 0) is 43.7 Å². The molecule has 1 aromatic carbocycles. The molecule has 0 saturated carbocycles. The maximum Gasteiger partial charge on any atom is 0.223 e. The van der Waals surface area contributed by atoms with Crippen LogP contribution in [0.2, 0.25) is 0 Å². The van der Waals surface area contributed by atoms with Crippen LogP contribution in [0, 0.1) is 6.92 Å². The summed E-state index contributed by atoms with van der Waals surface area (Å²) in [6, 6.07) is 9.50. The predicted octanol–water partition coefficient (Wildman–Crippen LogP) is 3.09. The van der Waals surface area contributed by atoms with Crippen molar-refractivity contribution in [3.8, 4) is 0 Å². The van der Waals surface area contributed by atoms with Crippen molar-refractivity contribution in [2.45, 2.75) is 45.1 Å². The van der Waals surface area contributed by atoms with E-state index in [1.54, 1.807) is 11.3 Å². The van der Waals surface area contributed by atoms with Gasteiger partial charge < -0.3 is 4.90 Å². The quantitative estimate of drug-likeness (QED) is 0.831. The Morgan fingerprint density at radius 2 is 1.96 bits per heavy atom. The van der Waals surface area contributed by atoms with Gasteiger partial charge in [0.1, 0.15) is 0 Å². The largest absolute Gasteiger partial charge is 0.340 e. The van der Waals surface area contributed by atoms with Gasteiger partial charge in [0.15, 0.2) is 0 Å². The summed E-state index contributed by atoms with van der Waals surface area (Å²) in [5, 5.41) is 0. The lowest BCUT2D eigenvalue weighted by Crippen LogP contribution is -2.53. The standard InChI is InChI=1S/C21H27N3OS/c1-16-20(26-15-22-16)8-9-21(25)24-12-10-23(11-13-24)19-7-6-17-4-2-3-5-18(17)14-19/h2-5,15,19H,6-14H2,1H3/t19-/m0/s1. The van der Waals surface area contributed by atoms with E-state index in [9.17, 15) is 4.79 Å². The van der Waals surface area contributed by atoms with E-state index < -0.39 is 0 Å². The predicted molar refractivity (Wildman–Crippen MR) is 106 cm³/mol. The van der Waals surface area contributed by atoms with Crippen molar-refractivity contribution in [1.82, 2.24) is 14.8 Å². The van der Waals surface area contributed by atoms with Gasteiger partial charge in [-0.25, -0.2) is 4.98 Å². The summed E-state index contributed by atoms with van der Waals surface area (Å²) in [6.45, 7) is 5.80. The molecule has 0 N–H and O–H groups in total. The number of piperazine rings is 1. The fourth-order valence-electron chi connectivity index (χ4n) is 4.27. The van der Waals surface area contributed by atoms with Crippen LogP contribution in [0.4, 0.5) is 0 Å². The van der Waals surface area contributed by atoms with Gasteiger partial charge in [-0.1, -0.05) is 24.3 Å². The number of hydrogen-bond acceptors (Lipinski definition) is 4. The van der Waals surface area contributed by atoms with Crippen LogP contribution in [-0.4, -0.2) is 52.9 Å². The molecule has 0 unspecified atom stereocenters. The molecule has 138 valence electrons. The Labute approximate surface area is 159 Å². The van der Waals surface area contributed by atoms with Crippen LogP contribution < -0.4 is 0 Å². The number of rotatable bonds is 4. The van der Waals surface area contributed by atoms with Crippen LogP contribution >= 0.6 is 11.3 Å². The van der Waals surface area contributed by atoms with Gasteiger partial charge >= 0.3 is 0 Å². The second-order valence-corrected chi connectivity index (χ2v) is 8.38. The second-order valence-electron chi connectivity index (χ2n) is 7.44. The Morgan fingerprint density at radius 1 is 1.19 bits per heavy atom. The zero-order valence-electron chi connectivity index (χ0n) is 15.5. The smallest absolute Gasteiger partial charge is 0.223 e. The summed E-state index contributed by atoms with van der Waals surface area (Å²) in [6.07, 6.45) is 5.04. The van der Waals surface area contributed by atoms with Crippen molar-refractivity contribution >= 4 is 17.2 Å². The molecule has 1 atom stereocenters. The third-order valence-electron chi connectivity index (χ3n) is 5.91. The van der Waals surface area contributed by atoms with Crippen molar-refractivity contribution in [3.05, 3.63) is 51.5 Å². The highest BCUT2D eigenvalue weighted by Crippen LogP contribution is 2.25. The average molecular weight is 370 g/mol. The van der Waals surface area contributed by atoms with Crippen LogP contribution in [0.5, 0.6) is 0 Å². The van der Waals surface area contributed by atoms with E-state index in [0.29, 0.717) is 18.4 Å². The van der Waals surface area contributed by atoms with Gasteiger partial charge in [-0.2, -0.15) is 0 Å². The van der Waals surface area contributed by atoms with E-state index in [-0.39, 0.29) is 0 Å². The summed E-state index contributed by atoms with van der Waals surface area (Å²) >= 11 is 1.66. The number of nitrogens with zero attached hydrogens (tertiary/aromatic N) is 3. The summed E-state index contributed by atoms with van der Waals surface area (Å²) in [5.41, 5.74) is 5.99. The topological polar surface area (TPSA) is 36.4 Å². The summed E-state index contributed by atoms with van der Waals surface area (Å²) in [4.78, 5) is 22.7. The zero-order chi connectivity index (χ0) is 17.9. The summed E-state index contributed by atoms with van der Waals surface area (Å²) in [7, 11) is 0. The molecule has 0 radical (unpaired) electrons. The molecule has 1 saturated heterocycles. The lowest BCUT2D eigenvalue weighted by Gasteiger charge is -2.41. The van der Waals surface area contributed by atoms with Crippen molar-refractivity contribution in [2.75, 3.05) is 26.2 Å². The van der Waals surface area contributed by atoms with Crippen molar-refractivity contribution in [2.24, 2.45) is 0 Å². The molecular formula is C21H27N3OS. The number of benzene rings is 1. The van der Waals surface area contributed by atoms with Gasteiger partial charge in [0.25, 0.3) is 0 Å². The normalized spacial score (nSPS) is 20.8. The lowest BCUT2D eigenvalue weighted by molar-refractivity contribution is -0.133. The molecule has 0 spiro atoms. The number of carbonyl (C=O) groups excluding carboxylic acids is 1. The minimum absolute atomic E-state index is 0.298. The van der Waals surface area contributed by atoms with Crippen LogP contribution in [-0.2, 0) is 24.1 Å². The number of thiazole rings is 1. The highest BCUT2D eigenvalue weighted by atomic mass is 32.1. The molecule has 1 amide bonds. The molecule has 2 aliphatic rings. The van der Waals surface area contributed by atoms with E-state index in [4.69, 9.17) is 0 Å². The minimum Gasteiger partial charge on any atom is -0.340 e. The second kappa shape index (κ2) is 7.89. The van der Waals surface area contributed by atoms with E-state index in [1.165, 1.54) is 28.8 Å². The highest BCUT2D eigenvalue weighted by Gasteiger charge is 2.28. The zero-order valence-corrected chi connectivity index (χ0v) is 16.3. The molecule has 1 aliphatic heterocycles.